The van der Waals surface area contributed by atoms with Gasteiger partial charge in [0.05, 0.1) is 13.1 Å². The molecule has 0 saturated heterocycles. The van der Waals surface area contributed by atoms with Crippen LogP contribution in [0.5, 0.6) is 0 Å². The number of hydrogen-bond acceptors (Lipinski definition) is 4. The quantitative estimate of drug-likeness (QED) is 0.287. The van der Waals surface area contributed by atoms with Crippen molar-refractivity contribution < 1.29 is 29.7 Å². The van der Waals surface area contributed by atoms with Crippen LogP contribution in [0.1, 0.15) is 90.4 Å². The number of aliphatic carboxylic acids is 3. The molecule has 0 spiro atoms. The van der Waals surface area contributed by atoms with Crippen LogP contribution < -0.4 is 0 Å². The fraction of sp³-hybridized carbons (Fsp3) is 0.850. The maximum Gasteiger partial charge on any atom is 0.320 e. The minimum absolute atomic E-state index is 0.271. The standard InChI is InChI=1S/C20H37NO6/c1-2-3-4-5-6-7-8-9-10-11-12-13-14-17(20(26)27)21(15-18(22)23)16-19(24)25/h17H,2-16H2,1H3,(H,22,23)(H,24,25)(H,26,27). The lowest BCUT2D eigenvalue weighted by Gasteiger charge is -2.25. The summed E-state index contributed by atoms with van der Waals surface area (Å²) >= 11 is 0. The van der Waals surface area contributed by atoms with Crippen molar-refractivity contribution in [2.24, 2.45) is 0 Å². The molecule has 7 heteroatoms. The monoisotopic (exact) mass is 387 g/mol. The van der Waals surface area contributed by atoms with E-state index in [9.17, 15) is 19.5 Å². The predicted molar refractivity (Wildman–Crippen MR) is 104 cm³/mol. The van der Waals surface area contributed by atoms with Crippen LogP contribution in [-0.4, -0.2) is 57.3 Å². The van der Waals surface area contributed by atoms with E-state index in [1.165, 1.54) is 51.4 Å². The Morgan fingerprint density at radius 3 is 1.37 bits per heavy atom. The fourth-order valence-corrected chi connectivity index (χ4v) is 3.26. The minimum atomic E-state index is -1.22. The second-order valence-corrected chi connectivity index (χ2v) is 7.22. The summed E-state index contributed by atoms with van der Waals surface area (Å²) in [5.41, 5.74) is 0. The zero-order chi connectivity index (χ0) is 20.5. The first-order chi connectivity index (χ1) is 12.9. The van der Waals surface area contributed by atoms with E-state index in [2.05, 4.69) is 6.92 Å². The number of carbonyl (C=O) groups is 3. The molecular weight excluding hydrogens is 350 g/mol. The maximum absolute atomic E-state index is 11.4. The molecule has 0 bridgehead atoms. The van der Waals surface area contributed by atoms with E-state index >= 15 is 0 Å². The Hall–Kier alpha value is -1.63. The molecule has 0 rings (SSSR count). The summed E-state index contributed by atoms with van der Waals surface area (Å²) in [5, 5.41) is 27.1. The van der Waals surface area contributed by atoms with E-state index in [4.69, 9.17) is 10.2 Å². The highest BCUT2D eigenvalue weighted by Gasteiger charge is 2.28. The van der Waals surface area contributed by atoms with Crippen LogP contribution in [0, 0.1) is 0 Å². The summed E-state index contributed by atoms with van der Waals surface area (Å²) in [6.07, 6.45) is 14.3. The topological polar surface area (TPSA) is 115 Å². The summed E-state index contributed by atoms with van der Waals surface area (Å²) in [4.78, 5) is 34.1. The van der Waals surface area contributed by atoms with E-state index in [1.54, 1.807) is 0 Å². The Bertz CT molecular complexity index is 411. The molecular formula is C20H37NO6. The molecule has 3 N–H and O–H groups in total. The summed E-state index contributed by atoms with van der Waals surface area (Å²) in [6.45, 7) is 1.05. The first-order valence-electron chi connectivity index (χ1n) is 10.3. The van der Waals surface area contributed by atoms with Crippen LogP contribution >= 0.6 is 0 Å². The predicted octanol–water partition coefficient (Wildman–Crippen LogP) is 4.00. The first-order valence-corrected chi connectivity index (χ1v) is 10.3. The molecule has 0 aliphatic rings. The lowest BCUT2D eigenvalue weighted by molar-refractivity contribution is -0.149. The van der Waals surface area contributed by atoms with E-state index < -0.39 is 37.0 Å². The van der Waals surface area contributed by atoms with Gasteiger partial charge in [0, 0.05) is 0 Å². The number of unbranched alkanes of at least 4 members (excludes halogenated alkanes) is 11. The molecule has 0 heterocycles. The second kappa shape index (κ2) is 16.5. The molecule has 0 saturated carbocycles. The Balaban J connectivity index is 3.93. The number of hydrogen-bond donors (Lipinski definition) is 3. The second-order valence-electron chi connectivity index (χ2n) is 7.22. The van der Waals surface area contributed by atoms with Crippen molar-refractivity contribution in [3.8, 4) is 0 Å². The van der Waals surface area contributed by atoms with Crippen LogP contribution in [0.4, 0.5) is 0 Å². The molecule has 0 aliphatic heterocycles. The minimum Gasteiger partial charge on any atom is -0.480 e. The highest BCUT2D eigenvalue weighted by atomic mass is 16.4. The van der Waals surface area contributed by atoms with Gasteiger partial charge in [-0.3, -0.25) is 19.3 Å². The average Bonchev–Trinajstić information content (AvgIpc) is 2.57. The molecule has 158 valence electrons. The molecule has 0 fully saturated rings. The normalized spacial score (nSPS) is 12.2. The maximum atomic E-state index is 11.4. The molecule has 1 atom stereocenters. The van der Waals surface area contributed by atoms with E-state index in [1.807, 2.05) is 0 Å². The van der Waals surface area contributed by atoms with Crippen molar-refractivity contribution in [2.75, 3.05) is 13.1 Å². The van der Waals surface area contributed by atoms with Crippen LogP contribution in [-0.2, 0) is 14.4 Å². The van der Waals surface area contributed by atoms with Crippen molar-refractivity contribution in [1.82, 2.24) is 4.90 Å². The number of nitrogens with zero attached hydrogens (tertiary/aromatic N) is 1. The van der Waals surface area contributed by atoms with Gasteiger partial charge in [0.1, 0.15) is 6.04 Å². The first kappa shape index (κ1) is 25.4. The third-order valence-corrected chi connectivity index (χ3v) is 4.73. The van der Waals surface area contributed by atoms with Gasteiger partial charge < -0.3 is 15.3 Å². The van der Waals surface area contributed by atoms with E-state index in [-0.39, 0.29) is 6.42 Å². The lowest BCUT2D eigenvalue weighted by atomic mass is 10.0. The van der Waals surface area contributed by atoms with Crippen LogP contribution in [0.3, 0.4) is 0 Å². The van der Waals surface area contributed by atoms with Gasteiger partial charge in [0.2, 0.25) is 0 Å². The van der Waals surface area contributed by atoms with Gasteiger partial charge in [-0.05, 0) is 6.42 Å². The van der Waals surface area contributed by atoms with Gasteiger partial charge in [-0.1, -0.05) is 84.0 Å². The van der Waals surface area contributed by atoms with Crippen LogP contribution in [0.25, 0.3) is 0 Å². The van der Waals surface area contributed by atoms with Gasteiger partial charge in [0.25, 0.3) is 0 Å². The van der Waals surface area contributed by atoms with E-state index in [0.29, 0.717) is 6.42 Å². The smallest absolute Gasteiger partial charge is 0.320 e. The van der Waals surface area contributed by atoms with E-state index in [0.717, 1.165) is 24.2 Å². The van der Waals surface area contributed by atoms with Crippen LogP contribution in [0.15, 0.2) is 0 Å². The molecule has 0 aromatic heterocycles. The van der Waals surface area contributed by atoms with Crippen molar-refractivity contribution in [2.45, 2.75) is 96.4 Å². The summed E-state index contributed by atoms with van der Waals surface area (Å²) in [6, 6.07) is -1.07. The Kier molecular flexibility index (Phi) is 15.5. The van der Waals surface area contributed by atoms with Crippen molar-refractivity contribution in [1.29, 1.82) is 0 Å². The molecule has 0 amide bonds. The van der Waals surface area contributed by atoms with Crippen molar-refractivity contribution in [3.63, 3.8) is 0 Å². The molecule has 0 aromatic carbocycles. The molecule has 7 nitrogen and oxygen atoms in total. The molecule has 1 unspecified atom stereocenters. The average molecular weight is 388 g/mol. The van der Waals surface area contributed by atoms with Crippen LogP contribution in [0.2, 0.25) is 0 Å². The Morgan fingerprint density at radius 2 is 1.04 bits per heavy atom. The third kappa shape index (κ3) is 15.2. The summed E-state index contributed by atoms with van der Waals surface area (Å²) in [5.74, 6) is -3.62. The van der Waals surface area contributed by atoms with Gasteiger partial charge in [0.15, 0.2) is 0 Å². The number of carboxylic acids is 3. The number of carboxylic acid groups (broad SMARTS) is 3. The highest BCUT2D eigenvalue weighted by Crippen LogP contribution is 2.15. The van der Waals surface area contributed by atoms with Crippen molar-refractivity contribution >= 4 is 17.9 Å². The number of rotatable bonds is 19. The molecule has 0 aromatic rings. The summed E-state index contributed by atoms with van der Waals surface area (Å²) < 4.78 is 0. The van der Waals surface area contributed by atoms with Gasteiger partial charge in [-0.2, -0.15) is 0 Å². The van der Waals surface area contributed by atoms with Gasteiger partial charge in [-0.15, -0.1) is 0 Å². The Labute approximate surface area is 162 Å². The Morgan fingerprint density at radius 1 is 0.667 bits per heavy atom. The highest BCUT2D eigenvalue weighted by molar-refractivity contribution is 5.78. The fourth-order valence-electron chi connectivity index (χ4n) is 3.26. The zero-order valence-corrected chi connectivity index (χ0v) is 16.7. The summed E-state index contributed by atoms with van der Waals surface area (Å²) in [7, 11) is 0. The molecule has 27 heavy (non-hydrogen) atoms. The molecule has 0 aliphatic carbocycles. The SMILES string of the molecule is CCCCCCCCCCCCCCC(C(=O)O)N(CC(=O)O)CC(=O)O. The third-order valence-electron chi connectivity index (χ3n) is 4.73. The molecule has 0 radical (unpaired) electrons. The lowest BCUT2D eigenvalue weighted by Crippen LogP contribution is -2.46. The van der Waals surface area contributed by atoms with Gasteiger partial charge >= 0.3 is 17.9 Å². The zero-order valence-electron chi connectivity index (χ0n) is 16.7. The van der Waals surface area contributed by atoms with Gasteiger partial charge in [-0.25, -0.2) is 0 Å². The largest absolute Gasteiger partial charge is 0.480 e. The van der Waals surface area contributed by atoms with Crippen molar-refractivity contribution in [3.05, 3.63) is 0 Å².